The van der Waals surface area contributed by atoms with Gasteiger partial charge in [-0.3, -0.25) is 9.78 Å². The fraction of sp³-hybridized carbons (Fsp3) is 0.182. The van der Waals surface area contributed by atoms with Gasteiger partial charge in [-0.2, -0.15) is 0 Å². The molecule has 6 nitrogen and oxygen atoms in total. The molecule has 1 aromatic heterocycles. The van der Waals surface area contributed by atoms with Crippen molar-refractivity contribution in [1.29, 1.82) is 0 Å². The zero-order valence-electron chi connectivity index (χ0n) is 16.6. The Balaban J connectivity index is 1.99. The lowest BCUT2D eigenvalue weighted by Gasteiger charge is -2.12. The highest BCUT2D eigenvalue weighted by molar-refractivity contribution is 7.90. The molecule has 1 N–H and O–H groups in total. The summed E-state index contributed by atoms with van der Waals surface area (Å²) in [5, 5.41) is 3.24. The number of sulfone groups is 1. The van der Waals surface area contributed by atoms with Crippen LogP contribution in [0.25, 0.3) is 22.4 Å². The van der Waals surface area contributed by atoms with Gasteiger partial charge in [0.25, 0.3) is 5.91 Å². The highest BCUT2D eigenvalue weighted by Gasteiger charge is 2.15. The molecule has 1 heterocycles. The minimum atomic E-state index is -3.16. The van der Waals surface area contributed by atoms with Gasteiger partial charge in [0.05, 0.1) is 24.1 Å². The Morgan fingerprint density at radius 2 is 1.70 bits per heavy atom. The molecule has 0 saturated heterocycles. The molecule has 0 aliphatic rings. The van der Waals surface area contributed by atoms with Gasteiger partial charge >= 0.3 is 0 Å². The van der Waals surface area contributed by atoms with Gasteiger partial charge in [-0.05, 0) is 35.9 Å². The molecule has 2 aromatic carbocycles. The number of halogens is 1. The van der Waals surface area contributed by atoms with Gasteiger partial charge in [0.1, 0.15) is 15.6 Å². The van der Waals surface area contributed by atoms with Crippen LogP contribution in [0.1, 0.15) is 10.4 Å². The summed E-state index contributed by atoms with van der Waals surface area (Å²) in [6, 6.07) is 16.5. The number of amides is 1. The second kappa shape index (κ2) is 9.28. The number of nitrogens with zero attached hydrogens (tertiary/aromatic N) is 1. The van der Waals surface area contributed by atoms with Gasteiger partial charge in [0.2, 0.25) is 0 Å². The van der Waals surface area contributed by atoms with Crippen molar-refractivity contribution in [3.05, 3.63) is 71.4 Å². The SMILES string of the molecule is COc1ccc(-c2cc(C(=O)NCCS(C)(=O)=O)cnc2-c2ccc(Cl)cc2)cc1. The monoisotopic (exact) mass is 444 g/mol. The maximum atomic E-state index is 12.5. The van der Waals surface area contributed by atoms with E-state index in [4.69, 9.17) is 16.3 Å². The summed E-state index contributed by atoms with van der Waals surface area (Å²) in [6.45, 7) is 0.0362. The largest absolute Gasteiger partial charge is 0.497 e. The third kappa shape index (κ3) is 5.58. The van der Waals surface area contributed by atoms with Crippen LogP contribution < -0.4 is 10.1 Å². The quantitative estimate of drug-likeness (QED) is 0.598. The Labute approximate surface area is 180 Å². The molecule has 0 saturated carbocycles. The van der Waals surface area contributed by atoms with E-state index < -0.39 is 9.84 Å². The molecule has 0 aliphatic heterocycles. The summed E-state index contributed by atoms with van der Waals surface area (Å²) in [5.74, 6) is 0.207. The summed E-state index contributed by atoms with van der Waals surface area (Å²) >= 11 is 6.01. The number of pyridine rings is 1. The van der Waals surface area contributed by atoms with E-state index >= 15 is 0 Å². The van der Waals surface area contributed by atoms with Crippen molar-refractivity contribution in [2.75, 3.05) is 25.7 Å². The van der Waals surface area contributed by atoms with Crippen molar-refractivity contribution in [3.63, 3.8) is 0 Å². The zero-order chi connectivity index (χ0) is 21.7. The molecule has 0 bridgehead atoms. The first-order valence-corrected chi connectivity index (χ1v) is 11.6. The Bertz CT molecular complexity index is 1140. The predicted octanol–water partition coefficient (Wildman–Crippen LogP) is 3.85. The molecule has 3 rings (SSSR count). The molecular weight excluding hydrogens is 424 g/mol. The Morgan fingerprint density at radius 3 is 2.30 bits per heavy atom. The van der Waals surface area contributed by atoms with Crippen molar-refractivity contribution in [2.45, 2.75) is 0 Å². The van der Waals surface area contributed by atoms with E-state index in [1.807, 2.05) is 36.4 Å². The number of hydrogen-bond donors (Lipinski definition) is 1. The maximum absolute atomic E-state index is 12.5. The number of hydrogen-bond acceptors (Lipinski definition) is 5. The number of benzene rings is 2. The Hall–Kier alpha value is -2.90. The van der Waals surface area contributed by atoms with Crippen LogP contribution in [-0.4, -0.2) is 45.0 Å². The molecule has 156 valence electrons. The van der Waals surface area contributed by atoms with Crippen LogP contribution in [-0.2, 0) is 9.84 Å². The minimum absolute atomic E-state index is 0.0362. The van der Waals surface area contributed by atoms with Gasteiger partial charge in [-0.1, -0.05) is 35.9 Å². The fourth-order valence-corrected chi connectivity index (χ4v) is 3.47. The van der Waals surface area contributed by atoms with E-state index in [-0.39, 0.29) is 18.2 Å². The average Bonchev–Trinajstić information content (AvgIpc) is 2.73. The van der Waals surface area contributed by atoms with Crippen LogP contribution in [0.4, 0.5) is 0 Å². The van der Waals surface area contributed by atoms with Crippen LogP contribution in [0, 0.1) is 0 Å². The lowest BCUT2D eigenvalue weighted by Crippen LogP contribution is -2.28. The lowest BCUT2D eigenvalue weighted by atomic mass is 9.97. The second-order valence-corrected chi connectivity index (χ2v) is 9.44. The normalized spacial score (nSPS) is 11.2. The third-order valence-corrected chi connectivity index (χ3v) is 5.62. The Morgan fingerprint density at radius 1 is 1.07 bits per heavy atom. The number of ether oxygens (including phenoxy) is 1. The van der Waals surface area contributed by atoms with Gasteiger partial charge in [0, 0.05) is 35.1 Å². The number of carbonyl (C=O) groups excluding carboxylic acids is 1. The van der Waals surface area contributed by atoms with Crippen LogP contribution in [0.15, 0.2) is 60.8 Å². The summed E-state index contributed by atoms with van der Waals surface area (Å²) in [7, 11) is -1.56. The summed E-state index contributed by atoms with van der Waals surface area (Å²) in [6.07, 6.45) is 2.61. The van der Waals surface area contributed by atoms with Gasteiger partial charge < -0.3 is 10.1 Å². The predicted molar refractivity (Wildman–Crippen MR) is 119 cm³/mol. The molecule has 0 unspecified atom stereocenters. The number of methoxy groups -OCH3 is 1. The molecule has 0 aliphatic carbocycles. The molecule has 0 spiro atoms. The van der Waals surface area contributed by atoms with Crippen molar-refractivity contribution in [3.8, 4) is 28.1 Å². The lowest BCUT2D eigenvalue weighted by molar-refractivity contribution is 0.0956. The van der Waals surface area contributed by atoms with Gasteiger partial charge in [0.15, 0.2) is 0 Å². The van der Waals surface area contributed by atoms with Crippen molar-refractivity contribution >= 4 is 27.3 Å². The number of nitrogens with one attached hydrogen (secondary N) is 1. The molecule has 1 amide bonds. The van der Waals surface area contributed by atoms with Gasteiger partial charge in [-0.15, -0.1) is 0 Å². The molecular formula is C22H21ClN2O4S. The van der Waals surface area contributed by atoms with Crippen LogP contribution in [0.2, 0.25) is 5.02 Å². The van der Waals surface area contributed by atoms with E-state index in [1.54, 1.807) is 25.3 Å². The van der Waals surface area contributed by atoms with E-state index in [2.05, 4.69) is 10.3 Å². The van der Waals surface area contributed by atoms with Crippen molar-refractivity contribution < 1.29 is 17.9 Å². The average molecular weight is 445 g/mol. The van der Waals surface area contributed by atoms with E-state index in [0.29, 0.717) is 16.3 Å². The molecule has 8 heteroatoms. The highest BCUT2D eigenvalue weighted by Crippen LogP contribution is 2.32. The van der Waals surface area contributed by atoms with Crippen molar-refractivity contribution in [1.82, 2.24) is 10.3 Å². The third-order valence-electron chi connectivity index (χ3n) is 4.43. The smallest absolute Gasteiger partial charge is 0.252 e. The van der Waals surface area contributed by atoms with E-state index in [0.717, 1.165) is 28.7 Å². The first-order chi connectivity index (χ1) is 14.3. The molecule has 0 atom stereocenters. The van der Waals surface area contributed by atoms with E-state index in [1.165, 1.54) is 6.20 Å². The minimum Gasteiger partial charge on any atom is -0.497 e. The first kappa shape index (κ1) is 21.8. The second-order valence-electron chi connectivity index (χ2n) is 6.74. The Kier molecular flexibility index (Phi) is 6.74. The number of aromatic nitrogens is 1. The molecule has 3 aromatic rings. The topological polar surface area (TPSA) is 85.4 Å². The van der Waals surface area contributed by atoms with Crippen LogP contribution in [0.3, 0.4) is 0 Å². The van der Waals surface area contributed by atoms with E-state index in [9.17, 15) is 13.2 Å². The summed E-state index contributed by atoms with van der Waals surface area (Å²) in [4.78, 5) is 17.0. The first-order valence-electron chi connectivity index (χ1n) is 9.13. The molecule has 0 radical (unpaired) electrons. The summed E-state index contributed by atoms with van der Waals surface area (Å²) in [5.41, 5.74) is 3.51. The molecule has 30 heavy (non-hydrogen) atoms. The van der Waals surface area contributed by atoms with Crippen LogP contribution >= 0.6 is 11.6 Å². The summed E-state index contributed by atoms with van der Waals surface area (Å²) < 4.78 is 27.8. The van der Waals surface area contributed by atoms with Crippen molar-refractivity contribution in [2.24, 2.45) is 0 Å². The molecule has 0 fully saturated rings. The standard InChI is InChI=1S/C22H21ClN2O4S/c1-29-19-9-5-15(6-10-19)20-13-17(22(26)24-11-12-30(2,27)28)14-25-21(20)16-3-7-18(23)8-4-16/h3-10,13-14H,11-12H2,1-2H3,(H,24,26). The fourth-order valence-electron chi connectivity index (χ4n) is 2.87. The zero-order valence-corrected chi connectivity index (χ0v) is 18.1. The highest BCUT2D eigenvalue weighted by atomic mass is 35.5. The maximum Gasteiger partial charge on any atom is 0.252 e. The van der Waals surface area contributed by atoms with Gasteiger partial charge in [-0.25, -0.2) is 8.42 Å². The number of rotatable bonds is 7. The van der Waals surface area contributed by atoms with Crippen LogP contribution in [0.5, 0.6) is 5.75 Å². The number of carbonyl (C=O) groups is 1.